The predicted octanol–water partition coefficient (Wildman–Crippen LogP) is 3.21. The second-order valence-electron chi connectivity index (χ2n) is 6.18. The van der Waals surface area contributed by atoms with E-state index in [0.29, 0.717) is 17.7 Å². The molecule has 0 saturated heterocycles. The summed E-state index contributed by atoms with van der Waals surface area (Å²) in [5, 5.41) is 7.64. The third-order valence-electron chi connectivity index (χ3n) is 4.52. The molecule has 2 N–H and O–H groups in total. The quantitative estimate of drug-likeness (QED) is 0.668. The second kappa shape index (κ2) is 6.77. The molecule has 0 radical (unpaired) electrons. The Labute approximate surface area is 160 Å². The molecule has 2 heterocycles. The van der Waals surface area contributed by atoms with Crippen LogP contribution in [0.3, 0.4) is 0 Å². The summed E-state index contributed by atoms with van der Waals surface area (Å²) in [6, 6.07) is 14.0. The molecule has 4 rings (SSSR count). The maximum absolute atomic E-state index is 13.2. The summed E-state index contributed by atoms with van der Waals surface area (Å²) in [7, 11) is 1.85. The summed E-state index contributed by atoms with van der Waals surface area (Å²) < 4.78 is 1.75. The molecule has 3 aromatic rings. The summed E-state index contributed by atoms with van der Waals surface area (Å²) in [6.45, 7) is 0.385. The number of hydrogen-bond acceptors (Lipinski definition) is 4. The van der Waals surface area contributed by atoms with Crippen LogP contribution in [0.4, 0.5) is 17.2 Å². The van der Waals surface area contributed by atoms with Crippen LogP contribution >= 0.6 is 11.8 Å². The minimum absolute atomic E-state index is 0.168. The number of aryl methyl sites for hydroxylation is 1. The van der Waals surface area contributed by atoms with Crippen molar-refractivity contribution in [3.63, 3.8) is 0 Å². The Kier molecular flexibility index (Phi) is 4.29. The minimum Gasteiger partial charge on any atom is -0.338 e. The van der Waals surface area contributed by atoms with Crippen LogP contribution in [0.1, 0.15) is 26.3 Å². The van der Waals surface area contributed by atoms with Crippen molar-refractivity contribution >= 4 is 40.8 Å². The lowest BCUT2D eigenvalue weighted by atomic mass is 10.1. The minimum atomic E-state index is -0.417. The van der Waals surface area contributed by atoms with Gasteiger partial charge in [0, 0.05) is 35.5 Å². The largest absolute Gasteiger partial charge is 0.338 e. The number of anilines is 3. The van der Waals surface area contributed by atoms with Crippen LogP contribution in [0.2, 0.25) is 0 Å². The zero-order valence-corrected chi connectivity index (χ0v) is 15.2. The first kappa shape index (κ1) is 17.1. The topological polar surface area (TPSA) is 79.3 Å². The fourth-order valence-corrected chi connectivity index (χ4v) is 3.22. The third kappa shape index (κ3) is 3.02. The highest BCUT2D eigenvalue weighted by Gasteiger charge is 2.26. The summed E-state index contributed by atoms with van der Waals surface area (Å²) in [5.74, 6) is 0.269. The fourth-order valence-electron chi connectivity index (χ4n) is 3.11. The molecule has 0 atom stereocenters. The van der Waals surface area contributed by atoms with E-state index in [0.717, 1.165) is 22.8 Å². The molecule has 0 saturated carbocycles. The highest BCUT2D eigenvalue weighted by atomic mass is 35.5. The zero-order chi connectivity index (χ0) is 19.0. The number of aromatic nitrogens is 2. The Balaban J connectivity index is 1.73. The van der Waals surface area contributed by atoms with Crippen molar-refractivity contribution in [3.8, 4) is 0 Å². The van der Waals surface area contributed by atoms with Crippen LogP contribution in [0.15, 0.2) is 54.7 Å². The van der Waals surface area contributed by atoms with Gasteiger partial charge in [0.1, 0.15) is 5.82 Å². The Hall–Kier alpha value is -3.32. The number of halogens is 1. The average molecular weight is 382 g/mol. The molecule has 2 aromatic carbocycles. The lowest BCUT2D eigenvalue weighted by molar-refractivity contribution is 0.0972. The smallest absolute Gasteiger partial charge is 0.265 e. The van der Waals surface area contributed by atoms with Gasteiger partial charge in [0.25, 0.3) is 11.8 Å². The van der Waals surface area contributed by atoms with Gasteiger partial charge in [0.2, 0.25) is 0 Å². The number of nitrogens with one attached hydrogen (secondary N) is 2. The number of rotatable bonds is 2. The summed E-state index contributed by atoms with van der Waals surface area (Å²) in [4.78, 5) is 28.6. The number of benzene rings is 2. The Morgan fingerprint density at radius 2 is 1.81 bits per heavy atom. The molecule has 0 unspecified atom stereocenters. The predicted molar refractivity (Wildman–Crippen MR) is 103 cm³/mol. The van der Waals surface area contributed by atoms with Crippen LogP contribution < -0.4 is 15.1 Å². The van der Waals surface area contributed by atoms with Crippen molar-refractivity contribution in [1.82, 2.24) is 14.6 Å². The van der Waals surface area contributed by atoms with Gasteiger partial charge in [0.05, 0.1) is 24.1 Å². The van der Waals surface area contributed by atoms with E-state index in [1.54, 1.807) is 40.0 Å². The molecule has 0 bridgehead atoms. The molecule has 0 aliphatic carbocycles. The van der Waals surface area contributed by atoms with Crippen molar-refractivity contribution in [2.75, 3.05) is 10.2 Å². The molecule has 2 amide bonds. The van der Waals surface area contributed by atoms with Crippen LogP contribution in [0.5, 0.6) is 0 Å². The number of carbonyl (C=O) groups excluding carboxylic acids is 2. The number of hydrogen-bond donors (Lipinski definition) is 2. The van der Waals surface area contributed by atoms with Gasteiger partial charge in [-0.2, -0.15) is 5.10 Å². The van der Waals surface area contributed by atoms with Crippen molar-refractivity contribution in [2.24, 2.45) is 7.05 Å². The van der Waals surface area contributed by atoms with Gasteiger partial charge < -0.3 is 10.2 Å². The van der Waals surface area contributed by atoms with E-state index >= 15 is 0 Å². The van der Waals surface area contributed by atoms with Crippen LogP contribution in [-0.4, -0.2) is 21.6 Å². The van der Waals surface area contributed by atoms with Gasteiger partial charge in [-0.05, 0) is 36.4 Å². The Morgan fingerprint density at radius 3 is 2.56 bits per heavy atom. The van der Waals surface area contributed by atoms with E-state index in [1.807, 2.05) is 36.1 Å². The first-order valence-corrected chi connectivity index (χ1v) is 8.66. The van der Waals surface area contributed by atoms with Gasteiger partial charge in [-0.3, -0.25) is 19.1 Å². The molecule has 0 spiro atoms. The monoisotopic (exact) mass is 381 g/mol. The van der Waals surface area contributed by atoms with Crippen LogP contribution in [-0.2, 0) is 13.6 Å². The van der Waals surface area contributed by atoms with Gasteiger partial charge in [0.15, 0.2) is 0 Å². The van der Waals surface area contributed by atoms with E-state index in [4.69, 9.17) is 11.8 Å². The number of amides is 2. The number of para-hydroxylation sites is 2. The van der Waals surface area contributed by atoms with E-state index in [1.165, 1.54) is 0 Å². The molecule has 7 nitrogen and oxygen atoms in total. The molecule has 1 aliphatic heterocycles. The summed E-state index contributed by atoms with van der Waals surface area (Å²) in [5.41, 5.74) is 3.38. The van der Waals surface area contributed by atoms with Crippen molar-refractivity contribution in [1.29, 1.82) is 0 Å². The maximum atomic E-state index is 13.2. The molecule has 8 heteroatoms. The fraction of sp³-hybridized carbons (Fsp3) is 0.105. The highest BCUT2D eigenvalue weighted by molar-refractivity contribution is 6.24. The van der Waals surface area contributed by atoms with Crippen molar-refractivity contribution < 1.29 is 9.59 Å². The lowest BCUT2D eigenvalue weighted by Crippen LogP contribution is -2.30. The van der Waals surface area contributed by atoms with E-state index < -0.39 is 5.91 Å². The normalized spacial score (nSPS) is 12.4. The second-order valence-corrected chi connectivity index (χ2v) is 6.37. The van der Waals surface area contributed by atoms with Crippen LogP contribution in [0, 0.1) is 0 Å². The SMILES string of the molecule is Cn1ncc2c1Nc1ccccc1N(C(=O)c1ccc(C(=O)NCl)cc1)C2. The number of fused-ring (bicyclic) bond motifs is 2. The molecule has 0 fully saturated rings. The molecular weight excluding hydrogens is 366 g/mol. The third-order valence-corrected chi connectivity index (χ3v) is 4.69. The first-order valence-electron chi connectivity index (χ1n) is 8.28. The van der Waals surface area contributed by atoms with E-state index in [2.05, 4.69) is 10.4 Å². The van der Waals surface area contributed by atoms with Crippen LogP contribution in [0.25, 0.3) is 0 Å². The molecule has 136 valence electrons. The van der Waals surface area contributed by atoms with Gasteiger partial charge >= 0.3 is 0 Å². The van der Waals surface area contributed by atoms with E-state index in [9.17, 15) is 9.59 Å². The maximum Gasteiger partial charge on any atom is 0.265 e. The number of nitrogens with zero attached hydrogens (tertiary/aromatic N) is 3. The Bertz CT molecular complexity index is 1030. The summed E-state index contributed by atoms with van der Waals surface area (Å²) >= 11 is 5.35. The zero-order valence-electron chi connectivity index (χ0n) is 14.4. The van der Waals surface area contributed by atoms with Crippen molar-refractivity contribution in [3.05, 3.63) is 71.4 Å². The molecule has 27 heavy (non-hydrogen) atoms. The molecule has 1 aromatic heterocycles. The molecular formula is C19H16ClN5O2. The van der Waals surface area contributed by atoms with Gasteiger partial charge in [-0.25, -0.2) is 0 Å². The molecule has 1 aliphatic rings. The average Bonchev–Trinajstić information content (AvgIpc) is 2.95. The lowest BCUT2D eigenvalue weighted by Gasteiger charge is -2.22. The van der Waals surface area contributed by atoms with Crippen molar-refractivity contribution in [2.45, 2.75) is 6.54 Å². The van der Waals surface area contributed by atoms with E-state index in [-0.39, 0.29) is 5.91 Å². The highest BCUT2D eigenvalue weighted by Crippen LogP contribution is 2.36. The van der Waals surface area contributed by atoms with Gasteiger partial charge in [-0.15, -0.1) is 0 Å². The first-order chi connectivity index (χ1) is 13.1. The van der Waals surface area contributed by atoms with Gasteiger partial charge in [-0.1, -0.05) is 12.1 Å². The Morgan fingerprint density at radius 1 is 1.11 bits per heavy atom. The summed E-state index contributed by atoms with van der Waals surface area (Å²) in [6.07, 6.45) is 1.75. The standard InChI is InChI=1S/C19H16ClN5O2/c1-24-17-14(10-21-24)11-25(16-5-3-2-4-15(16)22-17)19(27)13-8-6-12(7-9-13)18(26)23-20/h2-10,22H,11H2,1H3,(H,23,26). The number of carbonyl (C=O) groups is 2.